The summed E-state index contributed by atoms with van der Waals surface area (Å²) in [7, 11) is 0. The van der Waals surface area contributed by atoms with E-state index >= 15 is 0 Å². The van der Waals surface area contributed by atoms with Gasteiger partial charge in [-0.25, -0.2) is 19.6 Å². The topological polar surface area (TPSA) is 120 Å². The molecule has 0 aliphatic heterocycles. The van der Waals surface area contributed by atoms with Gasteiger partial charge in [-0.15, -0.1) is 11.3 Å². The third-order valence-electron chi connectivity index (χ3n) is 6.31. The Morgan fingerprint density at radius 2 is 1.84 bits per heavy atom. The Balaban J connectivity index is 1.59. The zero-order valence-electron chi connectivity index (χ0n) is 20.1. The summed E-state index contributed by atoms with van der Waals surface area (Å²) in [6.07, 6.45) is 1.40. The Hall–Kier alpha value is -4.63. The van der Waals surface area contributed by atoms with Crippen molar-refractivity contribution in [1.82, 2.24) is 24.7 Å². The highest BCUT2D eigenvalue weighted by Crippen LogP contribution is 2.32. The number of phenolic OH excluding ortho intramolecular Hbond substituents is 1. The first kappa shape index (κ1) is 22.8. The molecular weight excluding hydrogens is 484 g/mol. The second kappa shape index (κ2) is 8.79. The van der Waals surface area contributed by atoms with Crippen molar-refractivity contribution in [1.29, 1.82) is 0 Å². The zero-order chi connectivity index (χ0) is 25.7. The van der Waals surface area contributed by atoms with Gasteiger partial charge in [0.15, 0.2) is 11.1 Å². The highest BCUT2D eigenvalue weighted by atomic mass is 32.1. The maximum atomic E-state index is 13.7. The van der Waals surface area contributed by atoms with E-state index in [-0.39, 0.29) is 17.7 Å². The third-order valence-corrected chi connectivity index (χ3v) is 7.25. The van der Waals surface area contributed by atoms with Crippen molar-refractivity contribution < 1.29 is 5.11 Å². The second-order valence-corrected chi connectivity index (χ2v) is 10.1. The van der Waals surface area contributed by atoms with Gasteiger partial charge in [0.1, 0.15) is 28.4 Å². The van der Waals surface area contributed by atoms with Crippen LogP contribution in [0.25, 0.3) is 43.6 Å². The zero-order valence-corrected chi connectivity index (χ0v) is 21.0. The van der Waals surface area contributed by atoms with Gasteiger partial charge in [0.2, 0.25) is 0 Å². The number of anilines is 1. The molecule has 8 nitrogen and oxygen atoms in total. The number of aryl methyl sites for hydroxylation is 2. The summed E-state index contributed by atoms with van der Waals surface area (Å²) in [5, 5.41) is 16.0. The molecule has 37 heavy (non-hydrogen) atoms. The van der Waals surface area contributed by atoms with E-state index in [2.05, 4.69) is 9.97 Å². The average Bonchev–Trinajstić information content (AvgIpc) is 3.40. The Morgan fingerprint density at radius 1 is 1.00 bits per heavy atom. The van der Waals surface area contributed by atoms with Crippen molar-refractivity contribution in [2.75, 3.05) is 5.73 Å². The van der Waals surface area contributed by atoms with Crippen LogP contribution < -0.4 is 11.2 Å². The monoisotopic (exact) mass is 506 g/mol. The summed E-state index contributed by atoms with van der Waals surface area (Å²) < 4.78 is 1.72. The van der Waals surface area contributed by atoms with Gasteiger partial charge in [0.05, 0.1) is 23.0 Å². The predicted octanol–water partition coefficient (Wildman–Crippen LogP) is 5.08. The van der Waals surface area contributed by atoms with Crippen LogP contribution in [-0.2, 0) is 6.54 Å². The Bertz CT molecular complexity index is 1890. The van der Waals surface area contributed by atoms with Gasteiger partial charge in [-0.1, -0.05) is 36.4 Å². The number of benzene rings is 2. The van der Waals surface area contributed by atoms with Gasteiger partial charge in [-0.05, 0) is 49.2 Å². The molecule has 0 saturated carbocycles. The SMILES string of the molecule is Cc1cc2c(=O)c(-c3ccccc3C)cc(Cn3nc(-c4cccc(O)c4)c4c(N)ncnc43)nc2s1. The van der Waals surface area contributed by atoms with Gasteiger partial charge in [-0.3, -0.25) is 4.79 Å². The molecule has 0 aliphatic rings. The molecule has 0 bridgehead atoms. The summed E-state index contributed by atoms with van der Waals surface area (Å²) in [5.74, 6) is 0.411. The second-order valence-electron chi connectivity index (χ2n) is 8.90. The molecule has 9 heteroatoms. The molecule has 0 spiro atoms. The summed E-state index contributed by atoms with van der Waals surface area (Å²) in [6, 6.07) is 18.4. The van der Waals surface area contributed by atoms with Crippen LogP contribution in [0.4, 0.5) is 5.82 Å². The lowest BCUT2D eigenvalue weighted by molar-refractivity contribution is 0.475. The number of aromatic nitrogens is 5. The molecule has 0 aliphatic carbocycles. The number of fused-ring (bicyclic) bond motifs is 2. The largest absolute Gasteiger partial charge is 0.508 e. The molecule has 6 rings (SSSR count). The predicted molar refractivity (Wildman–Crippen MR) is 147 cm³/mol. The van der Waals surface area contributed by atoms with Crippen molar-refractivity contribution in [2.45, 2.75) is 20.4 Å². The van der Waals surface area contributed by atoms with Crippen LogP contribution in [0.3, 0.4) is 0 Å². The number of hydrogen-bond acceptors (Lipinski definition) is 8. The lowest BCUT2D eigenvalue weighted by atomic mass is 10.0. The van der Waals surface area contributed by atoms with Crippen molar-refractivity contribution in [3.63, 3.8) is 0 Å². The quantitative estimate of drug-likeness (QED) is 0.342. The minimum Gasteiger partial charge on any atom is -0.508 e. The van der Waals surface area contributed by atoms with Gasteiger partial charge in [-0.2, -0.15) is 5.10 Å². The lowest BCUT2D eigenvalue weighted by Gasteiger charge is -2.05. The number of thiophene rings is 1. The average molecular weight is 507 g/mol. The maximum Gasteiger partial charge on any atom is 0.196 e. The summed E-state index contributed by atoms with van der Waals surface area (Å²) in [6.45, 7) is 4.22. The molecule has 0 saturated heterocycles. The fourth-order valence-corrected chi connectivity index (χ4v) is 5.50. The molecule has 182 valence electrons. The molecule has 0 amide bonds. The number of nitrogens with zero attached hydrogens (tertiary/aromatic N) is 5. The van der Waals surface area contributed by atoms with Crippen LogP contribution >= 0.6 is 11.3 Å². The van der Waals surface area contributed by atoms with E-state index in [1.807, 2.05) is 56.3 Å². The normalized spacial score (nSPS) is 11.4. The first-order valence-electron chi connectivity index (χ1n) is 11.7. The fraction of sp³-hybridized carbons (Fsp3) is 0.107. The van der Waals surface area contributed by atoms with Gasteiger partial charge >= 0.3 is 0 Å². The molecule has 0 atom stereocenters. The Labute approximate surface area is 215 Å². The van der Waals surface area contributed by atoms with E-state index in [9.17, 15) is 9.90 Å². The molecule has 4 heterocycles. The van der Waals surface area contributed by atoms with E-state index in [0.29, 0.717) is 49.6 Å². The lowest BCUT2D eigenvalue weighted by Crippen LogP contribution is -2.05. The van der Waals surface area contributed by atoms with E-state index in [1.165, 1.54) is 17.7 Å². The summed E-state index contributed by atoms with van der Waals surface area (Å²) in [5.41, 5.74) is 11.1. The van der Waals surface area contributed by atoms with Crippen LogP contribution in [0.5, 0.6) is 5.75 Å². The van der Waals surface area contributed by atoms with E-state index in [4.69, 9.17) is 15.8 Å². The van der Waals surface area contributed by atoms with E-state index in [0.717, 1.165) is 16.0 Å². The first-order valence-corrected chi connectivity index (χ1v) is 12.5. The highest BCUT2D eigenvalue weighted by molar-refractivity contribution is 7.18. The Kier molecular flexibility index (Phi) is 5.42. The number of nitrogens with two attached hydrogens (primary N) is 1. The standard InChI is InChI=1S/C28H22N6O2S/c1-15-6-3-4-9-20(15)21-12-18(32-28-22(25(21)36)10-16(2)37-28)13-34-27-23(26(29)30-14-31-27)24(33-34)17-7-5-8-19(35)11-17/h3-12,14,35H,13H2,1-2H3,(H2,29,30,31). The van der Waals surface area contributed by atoms with Crippen molar-refractivity contribution in [3.05, 3.63) is 93.3 Å². The Morgan fingerprint density at radius 3 is 2.65 bits per heavy atom. The minimum absolute atomic E-state index is 0.0512. The molecule has 0 unspecified atom stereocenters. The number of hydrogen-bond donors (Lipinski definition) is 2. The van der Waals surface area contributed by atoms with Crippen molar-refractivity contribution in [3.8, 4) is 28.1 Å². The van der Waals surface area contributed by atoms with E-state index < -0.39 is 0 Å². The first-order chi connectivity index (χ1) is 17.9. The van der Waals surface area contributed by atoms with E-state index in [1.54, 1.807) is 22.9 Å². The molecule has 4 aromatic heterocycles. The van der Waals surface area contributed by atoms with Crippen LogP contribution in [0.15, 0.2) is 71.8 Å². The van der Waals surface area contributed by atoms with Gasteiger partial charge in [0, 0.05) is 16.0 Å². The number of aromatic hydroxyl groups is 1. The third kappa shape index (κ3) is 3.99. The fourth-order valence-electron chi connectivity index (χ4n) is 4.59. The minimum atomic E-state index is -0.0512. The molecule has 2 aromatic carbocycles. The van der Waals surface area contributed by atoms with Crippen LogP contribution in [-0.4, -0.2) is 29.8 Å². The summed E-state index contributed by atoms with van der Waals surface area (Å²) >= 11 is 1.49. The molecule has 6 aromatic rings. The molecule has 0 fully saturated rings. The maximum absolute atomic E-state index is 13.7. The number of nitrogen functional groups attached to an aromatic ring is 1. The number of phenols is 1. The number of rotatable bonds is 4. The highest BCUT2D eigenvalue weighted by Gasteiger charge is 2.19. The smallest absolute Gasteiger partial charge is 0.196 e. The van der Waals surface area contributed by atoms with Crippen LogP contribution in [0, 0.1) is 13.8 Å². The van der Waals surface area contributed by atoms with Crippen molar-refractivity contribution >= 4 is 38.4 Å². The molecule has 3 N–H and O–H groups in total. The van der Waals surface area contributed by atoms with Crippen LogP contribution in [0.2, 0.25) is 0 Å². The molecular formula is C28H22N6O2S. The van der Waals surface area contributed by atoms with Crippen molar-refractivity contribution in [2.24, 2.45) is 0 Å². The van der Waals surface area contributed by atoms with Gasteiger partial charge in [0.25, 0.3) is 0 Å². The van der Waals surface area contributed by atoms with Crippen LogP contribution in [0.1, 0.15) is 16.1 Å². The molecule has 0 radical (unpaired) electrons. The summed E-state index contributed by atoms with van der Waals surface area (Å²) in [4.78, 5) is 28.9. The van der Waals surface area contributed by atoms with Gasteiger partial charge < -0.3 is 10.8 Å².